The lowest BCUT2D eigenvalue weighted by Crippen LogP contribution is -2.56. The molecule has 3 heterocycles. The van der Waals surface area contributed by atoms with Crippen LogP contribution in [0.25, 0.3) is 0 Å². The second-order valence-corrected chi connectivity index (χ2v) is 9.68. The van der Waals surface area contributed by atoms with Crippen molar-refractivity contribution in [1.29, 1.82) is 0 Å². The van der Waals surface area contributed by atoms with Crippen LogP contribution in [-0.4, -0.2) is 36.2 Å². The van der Waals surface area contributed by atoms with Gasteiger partial charge in [0.05, 0.1) is 24.2 Å². The minimum absolute atomic E-state index is 0.252. The number of benzene rings is 2. The SMILES string of the molecule is CCCOc1ccc(N2C(=O)[C@@H]3[C@@H]([C@@]4(CC)CCC(CC)=CO4)N(c4ccccc4)O[C@H]3C2=O)cc1. The molecule has 2 aromatic carbocycles. The van der Waals surface area contributed by atoms with Gasteiger partial charge in [-0.15, -0.1) is 0 Å². The van der Waals surface area contributed by atoms with E-state index < -0.39 is 23.7 Å². The van der Waals surface area contributed by atoms with Crippen molar-refractivity contribution in [2.75, 3.05) is 16.6 Å². The monoisotopic (exact) mass is 490 g/mol. The quantitative estimate of drug-likeness (QED) is 0.461. The molecule has 4 atom stereocenters. The van der Waals surface area contributed by atoms with E-state index in [1.54, 1.807) is 29.3 Å². The Hall–Kier alpha value is -3.32. The number of amides is 2. The van der Waals surface area contributed by atoms with E-state index in [-0.39, 0.29) is 11.8 Å². The Balaban J connectivity index is 1.51. The van der Waals surface area contributed by atoms with Gasteiger partial charge in [-0.05, 0) is 74.1 Å². The molecule has 0 spiro atoms. The Morgan fingerprint density at radius 2 is 1.72 bits per heavy atom. The van der Waals surface area contributed by atoms with E-state index in [4.69, 9.17) is 14.3 Å². The number of ether oxygens (including phenoxy) is 2. The van der Waals surface area contributed by atoms with Gasteiger partial charge in [0.25, 0.3) is 5.91 Å². The largest absolute Gasteiger partial charge is 0.494 e. The molecular weight excluding hydrogens is 456 g/mol. The number of imide groups is 1. The summed E-state index contributed by atoms with van der Waals surface area (Å²) in [5, 5.41) is 1.76. The third kappa shape index (κ3) is 4.05. The summed E-state index contributed by atoms with van der Waals surface area (Å²) in [7, 11) is 0. The molecule has 7 heteroatoms. The highest BCUT2D eigenvalue weighted by molar-refractivity contribution is 6.24. The molecule has 5 rings (SSSR count). The van der Waals surface area contributed by atoms with Gasteiger partial charge in [-0.3, -0.25) is 14.4 Å². The summed E-state index contributed by atoms with van der Waals surface area (Å²) in [5.41, 5.74) is 1.93. The molecule has 0 saturated carbocycles. The van der Waals surface area contributed by atoms with Crippen LogP contribution < -0.4 is 14.7 Å². The van der Waals surface area contributed by atoms with Crippen molar-refractivity contribution in [3.63, 3.8) is 0 Å². The van der Waals surface area contributed by atoms with Crippen LogP contribution in [0.2, 0.25) is 0 Å². The van der Waals surface area contributed by atoms with E-state index in [2.05, 4.69) is 13.8 Å². The van der Waals surface area contributed by atoms with Gasteiger partial charge < -0.3 is 9.47 Å². The van der Waals surface area contributed by atoms with Crippen molar-refractivity contribution in [1.82, 2.24) is 0 Å². The molecule has 0 radical (unpaired) electrons. The first-order chi connectivity index (χ1) is 17.5. The molecule has 2 saturated heterocycles. The van der Waals surface area contributed by atoms with E-state index >= 15 is 0 Å². The Morgan fingerprint density at radius 1 is 0.972 bits per heavy atom. The lowest BCUT2D eigenvalue weighted by Gasteiger charge is -2.45. The molecule has 2 amide bonds. The van der Waals surface area contributed by atoms with Crippen LogP contribution in [0.1, 0.15) is 52.9 Å². The van der Waals surface area contributed by atoms with Crippen LogP contribution in [0, 0.1) is 5.92 Å². The number of fused-ring (bicyclic) bond motifs is 1. The van der Waals surface area contributed by atoms with Crippen LogP contribution in [0.3, 0.4) is 0 Å². The van der Waals surface area contributed by atoms with E-state index in [0.29, 0.717) is 24.5 Å². The van der Waals surface area contributed by atoms with E-state index in [9.17, 15) is 9.59 Å². The van der Waals surface area contributed by atoms with Gasteiger partial charge in [0.2, 0.25) is 5.91 Å². The summed E-state index contributed by atoms with van der Waals surface area (Å²) >= 11 is 0. The number of carbonyl (C=O) groups excluding carboxylic acids is 2. The lowest BCUT2D eigenvalue weighted by atomic mass is 9.76. The van der Waals surface area contributed by atoms with Gasteiger partial charge in [-0.1, -0.05) is 39.0 Å². The highest BCUT2D eigenvalue weighted by Crippen LogP contribution is 2.49. The number of hydroxylamine groups is 1. The van der Waals surface area contributed by atoms with Gasteiger partial charge in [0, 0.05) is 0 Å². The molecule has 0 bridgehead atoms. The summed E-state index contributed by atoms with van der Waals surface area (Å²) in [5.74, 6) is -0.562. The molecule has 0 N–H and O–H groups in total. The maximum Gasteiger partial charge on any atom is 0.266 e. The fraction of sp³-hybridized carbons (Fsp3) is 0.448. The molecule has 0 aliphatic carbocycles. The fourth-order valence-electron chi connectivity index (χ4n) is 5.55. The van der Waals surface area contributed by atoms with Crippen molar-refractivity contribution in [3.8, 4) is 5.75 Å². The molecule has 190 valence electrons. The van der Waals surface area contributed by atoms with Crippen LogP contribution in [0.5, 0.6) is 5.75 Å². The van der Waals surface area contributed by atoms with Crippen molar-refractivity contribution < 1.29 is 23.9 Å². The first kappa shape index (κ1) is 24.4. The first-order valence-electron chi connectivity index (χ1n) is 13.0. The Labute approximate surface area is 212 Å². The van der Waals surface area contributed by atoms with Gasteiger partial charge >= 0.3 is 0 Å². The zero-order chi connectivity index (χ0) is 25.3. The minimum atomic E-state index is -0.901. The predicted octanol–water partition coefficient (Wildman–Crippen LogP) is 5.41. The van der Waals surface area contributed by atoms with Crippen LogP contribution in [0.15, 0.2) is 66.4 Å². The average Bonchev–Trinajstić information content (AvgIpc) is 3.44. The van der Waals surface area contributed by atoms with Gasteiger partial charge in [-0.2, -0.15) is 0 Å². The van der Waals surface area contributed by atoms with Crippen LogP contribution >= 0.6 is 0 Å². The Kier molecular flexibility index (Phi) is 6.75. The standard InChI is InChI=1S/C29H34N2O5/c1-4-18-34-23-14-12-21(13-15-23)30-27(32)24-25(28(30)33)36-31(22-10-8-7-9-11-22)26(24)29(6-3)17-16-20(5-2)19-35-29/h7-15,19,24-26H,4-6,16-18H2,1-3H3/t24-,25+,26-,29+/m0/s1. The lowest BCUT2D eigenvalue weighted by molar-refractivity contribution is -0.127. The molecule has 0 aromatic heterocycles. The zero-order valence-electron chi connectivity index (χ0n) is 21.2. The first-order valence-corrected chi connectivity index (χ1v) is 13.0. The molecule has 36 heavy (non-hydrogen) atoms. The second-order valence-electron chi connectivity index (χ2n) is 9.68. The summed E-state index contributed by atoms with van der Waals surface area (Å²) in [6, 6.07) is 16.3. The number of rotatable bonds is 8. The van der Waals surface area contributed by atoms with Crippen molar-refractivity contribution in [2.45, 2.75) is 70.6 Å². The van der Waals surface area contributed by atoms with E-state index in [0.717, 1.165) is 31.4 Å². The van der Waals surface area contributed by atoms with Gasteiger partial charge in [0.1, 0.15) is 23.3 Å². The number of anilines is 2. The fourth-order valence-corrected chi connectivity index (χ4v) is 5.55. The Morgan fingerprint density at radius 3 is 2.33 bits per heavy atom. The van der Waals surface area contributed by atoms with Gasteiger partial charge in [-0.25, -0.2) is 9.96 Å². The smallest absolute Gasteiger partial charge is 0.266 e. The van der Waals surface area contributed by atoms with Crippen LogP contribution in [-0.2, 0) is 19.2 Å². The van der Waals surface area contributed by atoms with E-state index in [1.165, 1.54) is 10.5 Å². The summed E-state index contributed by atoms with van der Waals surface area (Å²) < 4.78 is 12.1. The molecule has 2 aromatic rings. The molecule has 7 nitrogen and oxygen atoms in total. The molecule has 0 unspecified atom stereocenters. The van der Waals surface area contributed by atoms with Crippen LogP contribution in [0.4, 0.5) is 11.4 Å². The highest BCUT2D eigenvalue weighted by Gasteiger charge is 2.65. The van der Waals surface area contributed by atoms with Crippen molar-refractivity contribution >= 4 is 23.2 Å². The maximum absolute atomic E-state index is 14.0. The molecule has 3 aliphatic rings. The van der Waals surface area contributed by atoms with Crippen molar-refractivity contribution in [3.05, 3.63) is 66.4 Å². The number of carbonyl (C=O) groups is 2. The Bertz CT molecular complexity index is 1130. The third-order valence-corrected chi connectivity index (χ3v) is 7.62. The third-order valence-electron chi connectivity index (χ3n) is 7.62. The predicted molar refractivity (Wildman–Crippen MR) is 138 cm³/mol. The average molecular weight is 491 g/mol. The van der Waals surface area contributed by atoms with Gasteiger partial charge in [0.15, 0.2) is 6.10 Å². The zero-order valence-corrected chi connectivity index (χ0v) is 21.2. The molecule has 2 fully saturated rings. The number of allylic oxidation sites excluding steroid dienone is 1. The van der Waals surface area contributed by atoms with Crippen molar-refractivity contribution in [2.24, 2.45) is 5.92 Å². The molecular formula is C29H34N2O5. The van der Waals surface area contributed by atoms with E-state index in [1.807, 2.05) is 43.5 Å². The summed E-state index contributed by atoms with van der Waals surface area (Å²) in [6.07, 6.45) is 5.13. The second kappa shape index (κ2) is 9.97. The normalized spacial score (nSPS) is 27.6. The highest BCUT2D eigenvalue weighted by atomic mass is 16.7. The number of hydrogen-bond donors (Lipinski definition) is 0. The summed E-state index contributed by atoms with van der Waals surface area (Å²) in [6.45, 7) is 6.86. The molecule has 3 aliphatic heterocycles. The minimum Gasteiger partial charge on any atom is -0.494 e. The summed E-state index contributed by atoms with van der Waals surface area (Å²) in [4.78, 5) is 35.2. The number of para-hydroxylation sites is 1. The number of hydrogen-bond acceptors (Lipinski definition) is 6. The topological polar surface area (TPSA) is 68.3 Å². The maximum atomic E-state index is 14.0. The number of nitrogens with zero attached hydrogens (tertiary/aromatic N) is 2.